The predicted octanol–water partition coefficient (Wildman–Crippen LogP) is 4.53. The molecule has 0 spiro atoms. The summed E-state index contributed by atoms with van der Waals surface area (Å²) in [5.74, 6) is 0.354. The van der Waals surface area contributed by atoms with Crippen LogP contribution in [0.3, 0.4) is 0 Å². The van der Waals surface area contributed by atoms with Crippen LogP contribution in [0, 0.1) is 5.92 Å². The lowest BCUT2D eigenvalue weighted by Crippen LogP contribution is -2.30. The summed E-state index contributed by atoms with van der Waals surface area (Å²) in [6.07, 6.45) is 15.3. The van der Waals surface area contributed by atoms with Gasteiger partial charge >= 0.3 is 0 Å². The number of hydrogen-bond acceptors (Lipinski definition) is 3. The molecule has 0 aliphatic heterocycles. The van der Waals surface area contributed by atoms with Crippen molar-refractivity contribution in [1.29, 1.82) is 0 Å². The van der Waals surface area contributed by atoms with Crippen molar-refractivity contribution in [2.75, 3.05) is 13.1 Å². The van der Waals surface area contributed by atoms with Gasteiger partial charge in [-0.15, -0.1) is 0 Å². The first-order chi connectivity index (χ1) is 10.9. The summed E-state index contributed by atoms with van der Waals surface area (Å²) in [4.78, 5) is 0. The Bertz CT molecular complexity index is 295. The average molecular weight is 327 g/mol. The van der Waals surface area contributed by atoms with Crippen LogP contribution < -0.4 is 11.5 Å². The molecule has 0 amide bonds. The third-order valence-electron chi connectivity index (χ3n) is 4.78. The molecule has 0 heterocycles. The second-order valence-corrected chi connectivity index (χ2v) is 7.58. The zero-order chi connectivity index (χ0) is 17.6. The third-order valence-corrected chi connectivity index (χ3v) is 4.78. The van der Waals surface area contributed by atoms with Crippen molar-refractivity contribution in [1.82, 2.24) is 0 Å². The number of nitrogens with two attached hydrogens (primary N) is 2. The van der Waals surface area contributed by atoms with Crippen molar-refractivity contribution in [2.45, 2.75) is 97.0 Å². The Morgan fingerprint density at radius 2 is 1.43 bits per heavy atom. The van der Waals surface area contributed by atoms with Crippen LogP contribution in [0.15, 0.2) is 11.6 Å². The van der Waals surface area contributed by atoms with Gasteiger partial charge in [0.15, 0.2) is 0 Å². The number of allylic oxidation sites excluding steroid dienone is 2. The molecule has 0 bridgehead atoms. The average Bonchev–Trinajstić information content (AvgIpc) is 2.48. The lowest BCUT2D eigenvalue weighted by Gasteiger charge is -2.29. The summed E-state index contributed by atoms with van der Waals surface area (Å²) in [6.45, 7) is 7.74. The zero-order valence-corrected chi connectivity index (χ0v) is 15.9. The van der Waals surface area contributed by atoms with Gasteiger partial charge in [0.05, 0.1) is 5.60 Å². The van der Waals surface area contributed by atoms with Crippen molar-refractivity contribution in [3.8, 4) is 0 Å². The van der Waals surface area contributed by atoms with Crippen LogP contribution in [-0.4, -0.2) is 23.8 Å². The van der Waals surface area contributed by atoms with E-state index in [4.69, 9.17) is 11.5 Å². The quantitative estimate of drug-likeness (QED) is 0.306. The maximum absolute atomic E-state index is 10.4. The molecule has 0 aromatic rings. The number of unbranched alkanes of at least 4 members (excludes halogenated alkanes) is 6. The smallest absolute Gasteiger partial charge is 0.0622 e. The molecule has 0 saturated heterocycles. The Balaban J connectivity index is 4.09. The van der Waals surface area contributed by atoms with Crippen molar-refractivity contribution in [3.63, 3.8) is 0 Å². The Kier molecular flexibility index (Phi) is 13.8. The Labute approximate surface area is 144 Å². The highest BCUT2D eigenvalue weighted by molar-refractivity contribution is 5.00. The second-order valence-electron chi connectivity index (χ2n) is 7.58. The van der Waals surface area contributed by atoms with Crippen molar-refractivity contribution in [3.05, 3.63) is 11.6 Å². The monoisotopic (exact) mass is 326 g/mol. The van der Waals surface area contributed by atoms with Gasteiger partial charge in [0.25, 0.3) is 0 Å². The first kappa shape index (κ1) is 22.6. The van der Waals surface area contributed by atoms with E-state index in [1.807, 2.05) is 13.8 Å². The molecular formula is C20H42N2O. The molecule has 0 aliphatic rings. The lowest BCUT2D eigenvalue weighted by molar-refractivity contribution is 0.0132. The van der Waals surface area contributed by atoms with Gasteiger partial charge in [0.1, 0.15) is 0 Å². The van der Waals surface area contributed by atoms with Gasteiger partial charge in [0.2, 0.25) is 0 Å². The van der Waals surface area contributed by atoms with Gasteiger partial charge in [-0.2, -0.15) is 0 Å². The minimum Gasteiger partial charge on any atom is -0.390 e. The largest absolute Gasteiger partial charge is 0.390 e. The van der Waals surface area contributed by atoms with Crippen LogP contribution in [0.25, 0.3) is 0 Å². The van der Waals surface area contributed by atoms with Crippen LogP contribution in [-0.2, 0) is 0 Å². The first-order valence-corrected chi connectivity index (χ1v) is 9.70. The van der Waals surface area contributed by atoms with Crippen molar-refractivity contribution >= 4 is 0 Å². The summed E-state index contributed by atoms with van der Waals surface area (Å²) in [7, 11) is 0. The molecular weight excluding hydrogens is 284 g/mol. The lowest BCUT2D eigenvalue weighted by atomic mass is 9.83. The van der Waals surface area contributed by atoms with Gasteiger partial charge < -0.3 is 16.6 Å². The first-order valence-electron chi connectivity index (χ1n) is 9.70. The molecule has 1 unspecified atom stereocenters. The predicted molar refractivity (Wildman–Crippen MR) is 102 cm³/mol. The topological polar surface area (TPSA) is 72.3 Å². The molecule has 0 aromatic carbocycles. The summed E-state index contributed by atoms with van der Waals surface area (Å²) >= 11 is 0. The maximum atomic E-state index is 10.4. The van der Waals surface area contributed by atoms with Gasteiger partial charge in [-0.3, -0.25) is 0 Å². The fourth-order valence-electron chi connectivity index (χ4n) is 3.00. The van der Waals surface area contributed by atoms with E-state index < -0.39 is 5.60 Å². The van der Waals surface area contributed by atoms with E-state index in [0.717, 1.165) is 38.8 Å². The molecule has 0 saturated carbocycles. The molecule has 0 radical (unpaired) electrons. The highest BCUT2D eigenvalue weighted by Crippen LogP contribution is 2.27. The van der Waals surface area contributed by atoms with E-state index in [2.05, 4.69) is 13.0 Å². The van der Waals surface area contributed by atoms with E-state index >= 15 is 0 Å². The van der Waals surface area contributed by atoms with Crippen LogP contribution in [0.4, 0.5) is 0 Å². The fourth-order valence-corrected chi connectivity index (χ4v) is 3.00. The summed E-state index contributed by atoms with van der Waals surface area (Å²) in [5, 5.41) is 10.4. The molecule has 138 valence electrons. The maximum Gasteiger partial charge on any atom is 0.0622 e. The molecule has 5 N–H and O–H groups in total. The minimum atomic E-state index is -0.591. The van der Waals surface area contributed by atoms with Gasteiger partial charge in [-0.05, 0) is 78.3 Å². The summed E-state index contributed by atoms with van der Waals surface area (Å²) < 4.78 is 0. The second kappa shape index (κ2) is 14.0. The SMILES string of the molecule is CC(=CCC(CCCCCCN)C(C)(C)O)CCCCCCN. The normalized spacial score (nSPS) is 14.3. The molecule has 23 heavy (non-hydrogen) atoms. The van der Waals surface area contributed by atoms with Crippen LogP contribution in [0.5, 0.6) is 0 Å². The summed E-state index contributed by atoms with van der Waals surface area (Å²) in [6, 6.07) is 0. The van der Waals surface area contributed by atoms with Crippen LogP contribution in [0.2, 0.25) is 0 Å². The molecule has 0 aliphatic carbocycles. The summed E-state index contributed by atoms with van der Waals surface area (Å²) in [5.41, 5.74) is 11.9. The Morgan fingerprint density at radius 3 is 1.96 bits per heavy atom. The third kappa shape index (κ3) is 13.7. The van der Waals surface area contributed by atoms with Gasteiger partial charge in [-0.1, -0.05) is 43.8 Å². The standard InChI is InChI=1S/C20H42N2O/c1-18(12-8-4-6-10-16-21)14-15-19(20(2,3)23)13-9-5-7-11-17-22/h14,19,23H,4-13,15-17,21-22H2,1-3H3. The van der Waals surface area contributed by atoms with Crippen LogP contribution in [0.1, 0.15) is 91.4 Å². The molecule has 3 nitrogen and oxygen atoms in total. The van der Waals surface area contributed by atoms with E-state index in [0.29, 0.717) is 5.92 Å². The van der Waals surface area contributed by atoms with E-state index in [1.54, 1.807) is 0 Å². The van der Waals surface area contributed by atoms with Gasteiger partial charge in [0, 0.05) is 0 Å². The Morgan fingerprint density at radius 1 is 0.913 bits per heavy atom. The van der Waals surface area contributed by atoms with E-state index in [1.165, 1.54) is 50.5 Å². The van der Waals surface area contributed by atoms with Crippen LogP contribution >= 0.6 is 0 Å². The fraction of sp³-hybridized carbons (Fsp3) is 0.900. The van der Waals surface area contributed by atoms with E-state index in [-0.39, 0.29) is 0 Å². The van der Waals surface area contributed by atoms with E-state index in [9.17, 15) is 5.11 Å². The number of rotatable bonds is 15. The highest BCUT2D eigenvalue weighted by Gasteiger charge is 2.25. The molecule has 3 heteroatoms. The number of hydrogen-bond donors (Lipinski definition) is 3. The van der Waals surface area contributed by atoms with Crippen molar-refractivity contribution in [2.24, 2.45) is 17.4 Å². The molecule has 0 aromatic heterocycles. The molecule has 0 fully saturated rings. The molecule has 0 rings (SSSR count). The number of aliphatic hydroxyl groups is 1. The Hall–Kier alpha value is -0.380. The van der Waals surface area contributed by atoms with Crippen molar-refractivity contribution < 1.29 is 5.11 Å². The molecule has 1 atom stereocenters. The minimum absolute atomic E-state index is 0.354. The zero-order valence-electron chi connectivity index (χ0n) is 15.9. The van der Waals surface area contributed by atoms with Gasteiger partial charge in [-0.25, -0.2) is 0 Å². The highest BCUT2D eigenvalue weighted by atomic mass is 16.3.